The number of aromatic nitrogens is 1. The molecule has 3 aliphatic heterocycles. The van der Waals surface area contributed by atoms with E-state index in [1.807, 2.05) is 0 Å². The van der Waals surface area contributed by atoms with Crippen LogP contribution in [-0.2, 0) is 11.2 Å². The first-order valence-electron chi connectivity index (χ1n) is 9.48. The molecule has 3 aliphatic rings. The van der Waals surface area contributed by atoms with Crippen molar-refractivity contribution in [3.05, 3.63) is 11.1 Å². The van der Waals surface area contributed by atoms with Crippen molar-refractivity contribution in [1.82, 2.24) is 15.6 Å². The molecule has 0 saturated carbocycles. The molecule has 26 heavy (non-hydrogen) atoms. The number of amides is 1. The van der Waals surface area contributed by atoms with Crippen molar-refractivity contribution in [2.45, 2.75) is 63.5 Å². The van der Waals surface area contributed by atoms with Gasteiger partial charge in [-0.15, -0.1) is 36.2 Å². The van der Waals surface area contributed by atoms with Crippen molar-refractivity contribution < 1.29 is 4.79 Å². The number of hydrogen-bond donors (Lipinski definition) is 2. The average Bonchev–Trinajstić information content (AvgIpc) is 3.28. The third kappa shape index (κ3) is 5.47. The Labute approximate surface area is 172 Å². The summed E-state index contributed by atoms with van der Waals surface area (Å²) >= 11 is 1.74. The van der Waals surface area contributed by atoms with Gasteiger partial charge in [0, 0.05) is 49.9 Å². The quantitative estimate of drug-likeness (QED) is 0.741. The van der Waals surface area contributed by atoms with E-state index in [0.717, 1.165) is 30.3 Å². The van der Waals surface area contributed by atoms with Gasteiger partial charge in [-0.2, -0.15) is 0 Å². The Bertz CT molecular complexity index is 567. The maximum atomic E-state index is 12.2. The minimum absolute atomic E-state index is 0. The van der Waals surface area contributed by atoms with E-state index in [1.165, 1.54) is 38.5 Å². The molecule has 0 aromatic carbocycles. The number of nitrogens with one attached hydrogen (secondary N) is 2. The van der Waals surface area contributed by atoms with Crippen molar-refractivity contribution in [3.63, 3.8) is 0 Å². The summed E-state index contributed by atoms with van der Waals surface area (Å²) in [6.45, 7) is 2.99. The molecule has 3 fully saturated rings. The van der Waals surface area contributed by atoms with E-state index >= 15 is 0 Å². The fourth-order valence-electron chi connectivity index (χ4n) is 4.47. The minimum atomic E-state index is 0. The van der Waals surface area contributed by atoms with Crippen LogP contribution in [0.4, 0.5) is 5.13 Å². The van der Waals surface area contributed by atoms with E-state index in [1.54, 1.807) is 11.3 Å². The van der Waals surface area contributed by atoms with Gasteiger partial charge >= 0.3 is 0 Å². The van der Waals surface area contributed by atoms with E-state index in [4.69, 9.17) is 4.98 Å². The molecule has 2 atom stereocenters. The Hall–Kier alpha value is -0.560. The maximum Gasteiger partial charge on any atom is 0.220 e. The lowest BCUT2D eigenvalue weighted by Crippen LogP contribution is -2.39. The molecule has 148 valence electrons. The molecule has 1 aromatic rings. The summed E-state index contributed by atoms with van der Waals surface area (Å²) in [4.78, 5) is 19.3. The second-order valence-electron chi connectivity index (χ2n) is 7.59. The summed E-state index contributed by atoms with van der Waals surface area (Å²) in [7, 11) is 0. The van der Waals surface area contributed by atoms with Gasteiger partial charge in [-0.3, -0.25) is 4.79 Å². The summed E-state index contributed by atoms with van der Waals surface area (Å²) in [5, 5.41) is 10.0. The Kier molecular flexibility index (Phi) is 8.45. The van der Waals surface area contributed by atoms with Gasteiger partial charge in [0.2, 0.25) is 5.91 Å². The van der Waals surface area contributed by atoms with Crippen LogP contribution < -0.4 is 15.5 Å². The summed E-state index contributed by atoms with van der Waals surface area (Å²) in [6, 6.07) is 1.33. The molecule has 4 heterocycles. The lowest BCUT2D eigenvalue weighted by atomic mass is 9.89. The average molecular weight is 421 g/mol. The van der Waals surface area contributed by atoms with Gasteiger partial charge in [0.05, 0.1) is 5.69 Å². The van der Waals surface area contributed by atoms with Gasteiger partial charge in [0.1, 0.15) is 0 Å². The molecule has 2 unspecified atom stereocenters. The molecule has 5 nitrogen and oxygen atoms in total. The maximum absolute atomic E-state index is 12.2. The molecule has 1 aromatic heterocycles. The molecule has 3 saturated heterocycles. The highest BCUT2D eigenvalue weighted by Gasteiger charge is 2.34. The van der Waals surface area contributed by atoms with Gasteiger partial charge in [0.15, 0.2) is 5.13 Å². The van der Waals surface area contributed by atoms with Crippen molar-refractivity contribution in [2.75, 3.05) is 24.5 Å². The number of piperidine rings is 1. The number of carbonyl (C=O) groups excluding carboxylic acids is 1. The monoisotopic (exact) mass is 420 g/mol. The molecule has 4 rings (SSSR count). The van der Waals surface area contributed by atoms with Crippen LogP contribution in [0.5, 0.6) is 0 Å². The number of thiazole rings is 1. The zero-order chi connectivity index (χ0) is 16.4. The highest BCUT2D eigenvalue weighted by molar-refractivity contribution is 7.13. The van der Waals surface area contributed by atoms with Crippen LogP contribution >= 0.6 is 36.2 Å². The fourth-order valence-corrected chi connectivity index (χ4v) is 5.38. The Morgan fingerprint density at radius 2 is 1.92 bits per heavy atom. The van der Waals surface area contributed by atoms with Crippen molar-refractivity contribution in [2.24, 2.45) is 5.92 Å². The predicted molar refractivity (Wildman–Crippen MR) is 112 cm³/mol. The van der Waals surface area contributed by atoms with Crippen LogP contribution in [0.1, 0.15) is 50.6 Å². The molecule has 2 N–H and O–H groups in total. The smallest absolute Gasteiger partial charge is 0.220 e. The number of rotatable bonds is 6. The second kappa shape index (κ2) is 10.1. The number of halogens is 2. The normalized spacial score (nSPS) is 26.9. The Morgan fingerprint density at radius 1 is 1.23 bits per heavy atom. The molecule has 0 radical (unpaired) electrons. The molecule has 0 spiro atoms. The number of hydrogen-bond acceptors (Lipinski definition) is 5. The van der Waals surface area contributed by atoms with E-state index in [2.05, 4.69) is 20.9 Å². The lowest BCUT2D eigenvalue weighted by Gasteiger charge is -2.28. The van der Waals surface area contributed by atoms with Gasteiger partial charge in [0.25, 0.3) is 0 Å². The fraction of sp³-hybridized carbons (Fsp3) is 0.778. The number of nitrogens with zero attached hydrogens (tertiary/aromatic N) is 2. The lowest BCUT2D eigenvalue weighted by molar-refractivity contribution is -0.122. The number of fused-ring (bicyclic) bond motifs is 2. The molecule has 1 amide bonds. The summed E-state index contributed by atoms with van der Waals surface area (Å²) in [5.41, 5.74) is 1.11. The highest BCUT2D eigenvalue weighted by atomic mass is 35.5. The summed E-state index contributed by atoms with van der Waals surface area (Å²) in [6.07, 6.45) is 9.05. The van der Waals surface area contributed by atoms with Gasteiger partial charge < -0.3 is 15.5 Å². The molecule has 8 heteroatoms. The standard InChI is InChI=1S/C18H28N4OS.2ClH/c23-17(11-13-9-14-3-4-15(10-13)20-14)19-6-5-16-12-24-18(21-16)22-7-1-2-8-22;;/h12-15,20H,1-11H2,(H,19,23);2*1H. The number of carbonyl (C=O) groups is 1. The number of anilines is 1. The van der Waals surface area contributed by atoms with Gasteiger partial charge in [-0.05, 0) is 44.4 Å². The summed E-state index contributed by atoms with van der Waals surface area (Å²) < 4.78 is 0. The SMILES string of the molecule is Cl.Cl.O=C(CC1CC2CCC(C1)N2)NCCc1csc(N2CCCC2)n1. The molecular formula is C18H30Cl2N4OS. The molecule has 2 bridgehead atoms. The van der Waals surface area contributed by atoms with E-state index in [-0.39, 0.29) is 30.7 Å². The van der Waals surface area contributed by atoms with Crippen LogP contribution in [0.15, 0.2) is 5.38 Å². The topological polar surface area (TPSA) is 57.3 Å². The zero-order valence-corrected chi connectivity index (χ0v) is 17.6. The first-order chi connectivity index (χ1) is 11.8. The van der Waals surface area contributed by atoms with Crippen molar-refractivity contribution in [3.8, 4) is 0 Å². The van der Waals surface area contributed by atoms with Crippen LogP contribution in [0, 0.1) is 5.92 Å². The first kappa shape index (κ1) is 21.7. The van der Waals surface area contributed by atoms with Crippen LogP contribution in [0.3, 0.4) is 0 Å². The largest absolute Gasteiger partial charge is 0.356 e. The molecular weight excluding hydrogens is 391 g/mol. The van der Waals surface area contributed by atoms with Crippen LogP contribution in [0.25, 0.3) is 0 Å². The predicted octanol–water partition coefficient (Wildman–Crippen LogP) is 3.17. The second-order valence-corrected chi connectivity index (χ2v) is 8.43. The first-order valence-corrected chi connectivity index (χ1v) is 10.4. The summed E-state index contributed by atoms with van der Waals surface area (Å²) in [5.74, 6) is 0.793. The van der Waals surface area contributed by atoms with Crippen LogP contribution in [0.2, 0.25) is 0 Å². The van der Waals surface area contributed by atoms with E-state index in [9.17, 15) is 4.79 Å². The highest BCUT2D eigenvalue weighted by Crippen LogP contribution is 2.32. The minimum Gasteiger partial charge on any atom is -0.356 e. The zero-order valence-electron chi connectivity index (χ0n) is 15.1. The van der Waals surface area contributed by atoms with Gasteiger partial charge in [-0.25, -0.2) is 4.98 Å². The Balaban J connectivity index is 0.00000121. The molecule has 0 aliphatic carbocycles. The van der Waals surface area contributed by atoms with E-state index < -0.39 is 0 Å². The van der Waals surface area contributed by atoms with Crippen molar-refractivity contribution in [1.29, 1.82) is 0 Å². The Morgan fingerprint density at radius 3 is 2.62 bits per heavy atom. The van der Waals surface area contributed by atoms with E-state index in [0.29, 0.717) is 31.0 Å². The van der Waals surface area contributed by atoms with Crippen molar-refractivity contribution >= 4 is 47.2 Å². The third-order valence-corrected chi connectivity index (χ3v) is 6.61. The van der Waals surface area contributed by atoms with Gasteiger partial charge in [-0.1, -0.05) is 0 Å². The third-order valence-electron chi connectivity index (χ3n) is 5.66. The van der Waals surface area contributed by atoms with Crippen LogP contribution in [-0.4, -0.2) is 42.6 Å².